The number of rotatable bonds is 6. The minimum absolute atomic E-state index is 0.0558. The molecule has 0 bridgehead atoms. The van der Waals surface area contributed by atoms with E-state index < -0.39 is 24.4 Å². The fourth-order valence-electron chi connectivity index (χ4n) is 4.37. The number of halogens is 1. The van der Waals surface area contributed by atoms with Gasteiger partial charge in [0.1, 0.15) is 6.04 Å². The van der Waals surface area contributed by atoms with Gasteiger partial charge in [0, 0.05) is 18.4 Å². The lowest BCUT2D eigenvalue weighted by molar-refractivity contribution is -0.148. The molecule has 0 spiro atoms. The fraction of sp³-hybridized carbons (Fsp3) is 0.179. The highest BCUT2D eigenvalue weighted by Gasteiger charge is 2.37. The molecule has 0 N–H and O–H groups in total. The zero-order chi connectivity index (χ0) is 25.2. The monoisotopic (exact) mass is 503 g/mol. The lowest BCUT2D eigenvalue weighted by Crippen LogP contribution is -2.49. The summed E-state index contributed by atoms with van der Waals surface area (Å²) in [5, 5.41) is 0.994. The van der Waals surface area contributed by atoms with Crippen molar-refractivity contribution in [2.45, 2.75) is 19.0 Å². The van der Waals surface area contributed by atoms with Crippen LogP contribution in [0.4, 0.5) is 0 Å². The number of Topliss-reactive ketones (excluding diaryl/α,β-unsaturated/α-hetero) is 1. The van der Waals surface area contributed by atoms with Crippen molar-refractivity contribution in [2.75, 3.05) is 13.7 Å². The van der Waals surface area contributed by atoms with Crippen LogP contribution in [0.15, 0.2) is 77.2 Å². The Bertz CT molecular complexity index is 1480. The molecule has 5 rings (SSSR count). The highest BCUT2D eigenvalue weighted by Crippen LogP contribution is 2.30. The van der Waals surface area contributed by atoms with Crippen LogP contribution in [-0.4, -0.2) is 42.3 Å². The number of methoxy groups -OCH3 is 1. The molecule has 1 aliphatic rings. The fourth-order valence-corrected chi connectivity index (χ4v) is 4.59. The molecule has 0 saturated heterocycles. The molecule has 2 heterocycles. The third-order valence-corrected chi connectivity index (χ3v) is 6.56. The number of nitrogens with zero attached hydrogens (tertiary/aromatic N) is 1. The summed E-state index contributed by atoms with van der Waals surface area (Å²) >= 11 is 6.26. The highest BCUT2D eigenvalue weighted by atomic mass is 35.5. The van der Waals surface area contributed by atoms with E-state index in [1.807, 2.05) is 24.3 Å². The topological polar surface area (TPSA) is 86.0 Å². The average Bonchev–Trinajstić information content (AvgIpc) is 3.35. The van der Waals surface area contributed by atoms with Crippen molar-refractivity contribution in [3.63, 3.8) is 0 Å². The lowest BCUT2D eigenvalue weighted by Gasteiger charge is -2.35. The van der Waals surface area contributed by atoms with Crippen LogP contribution in [-0.2, 0) is 22.5 Å². The van der Waals surface area contributed by atoms with Crippen LogP contribution in [0, 0.1) is 0 Å². The summed E-state index contributed by atoms with van der Waals surface area (Å²) in [5.41, 5.74) is 2.62. The van der Waals surface area contributed by atoms with Crippen LogP contribution in [0.5, 0.6) is 5.75 Å². The van der Waals surface area contributed by atoms with Gasteiger partial charge in [-0.2, -0.15) is 0 Å². The third kappa shape index (κ3) is 4.45. The lowest BCUT2D eigenvalue weighted by atomic mass is 9.93. The Hall–Kier alpha value is -4.10. The minimum atomic E-state index is -0.910. The maximum atomic E-state index is 13.4. The molecular weight excluding hydrogens is 482 g/mol. The molecule has 36 heavy (non-hydrogen) atoms. The zero-order valence-electron chi connectivity index (χ0n) is 19.4. The van der Waals surface area contributed by atoms with Gasteiger partial charge in [-0.1, -0.05) is 60.1 Å². The smallest absolute Gasteiger partial charge is 0.329 e. The molecule has 1 atom stereocenters. The van der Waals surface area contributed by atoms with Gasteiger partial charge in [0.25, 0.3) is 5.91 Å². The van der Waals surface area contributed by atoms with Gasteiger partial charge >= 0.3 is 5.97 Å². The van der Waals surface area contributed by atoms with Crippen LogP contribution >= 0.6 is 11.6 Å². The van der Waals surface area contributed by atoms with Crippen LogP contribution in [0.2, 0.25) is 5.02 Å². The van der Waals surface area contributed by atoms with Crippen molar-refractivity contribution in [3.05, 3.63) is 100 Å². The summed E-state index contributed by atoms with van der Waals surface area (Å²) in [6.45, 7) is -0.301. The van der Waals surface area contributed by atoms with E-state index in [1.54, 1.807) is 48.5 Å². The highest BCUT2D eigenvalue weighted by molar-refractivity contribution is 6.33. The summed E-state index contributed by atoms with van der Waals surface area (Å²) in [5.74, 6) is -1.00. The molecule has 1 aromatic heterocycles. The number of ether oxygens (including phenoxy) is 2. The van der Waals surface area contributed by atoms with Crippen LogP contribution < -0.4 is 4.74 Å². The molecule has 8 heteroatoms. The molecule has 1 aliphatic heterocycles. The molecule has 0 aliphatic carbocycles. The summed E-state index contributed by atoms with van der Waals surface area (Å²) in [6, 6.07) is 20.3. The number of carbonyl (C=O) groups excluding carboxylic acids is 3. The largest absolute Gasteiger partial charge is 0.493 e. The maximum absolute atomic E-state index is 13.4. The molecule has 0 radical (unpaired) electrons. The summed E-state index contributed by atoms with van der Waals surface area (Å²) in [6.07, 6.45) is 0.265. The van der Waals surface area contributed by atoms with Crippen molar-refractivity contribution in [3.8, 4) is 5.75 Å². The van der Waals surface area contributed by atoms with E-state index in [9.17, 15) is 14.4 Å². The maximum Gasteiger partial charge on any atom is 0.329 e. The normalized spacial score (nSPS) is 14.8. The van der Waals surface area contributed by atoms with Crippen LogP contribution in [0.3, 0.4) is 0 Å². The predicted octanol–water partition coefficient (Wildman–Crippen LogP) is 5.09. The SMILES string of the molecule is COc1cccc2cc(C(=O)COC(=O)[C@@H]3Cc4ccccc4CN3C(=O)c3ccccc3Cl)oc12. The van der Waals surface area contributed by atoms with E-state index in [0.717, 1.165) is 11.1 Å². The van der Waals surface area contributed by atoms with Crippen LogP contribution in [0.1, 0.15) is 32.0 Å². The average molecular weight is 504 g/mol. The molecule has 1 amide bonds. The summed E-state index contributed by atoms with van der Waals surface area (Å²) in [7, 11) is 1.51. The van der Waals surface area contributed by atoms with E-state index in [2.05, 4.69) is 0 Å². The Morgan fingerprint density at radius 2 is 1.75 bits per heavy atom. The van der Waals surface area contributed by atoms with Gasteiger partial charge in [-0.25, -0.2) is 4.79 Å². The van der Waals surface area contributed by atoms with Gasteiger partial charge in [-0.3, -0.25) is 9.59 Å². The molecule has 0 fully saturated rings. The Kier molecular flexibility index (Phi) is 6.48. The number of amides is 1. The van der Waals surface area contributed by atoms with E-state index in [4.69, 9.17) is 25.5 Å². The number of ketones is 1. The first-order chi connectivity index (χ1) is 17.5. The second kappa shape index (κ2) is 9.87. The molecule has 0 unspecified atom stereocenters. The van der Waals surface area contributed by atoms with E-state index in [-0.39, 0.29) is 24.6 Å². The summed E-state index contributed by atoms with van der Waals surface area (Å²) in [4.78, 5) is 40.8. The van der Waals surface area contributed by atoms with Crippen molar-refractivity contribution in [2.24, 2.45) is 0 Å². The Balaban J connectivity index is 1.36. The number of furan rings is 1. The van der Waals surface area contributed by atoms with Gasteiger partial charge in [-0.05, 0) is 35.4 Å². The van der Waals surface area contributed by atoms with Crippen molar-refractivity contribution in [1.82, 2.24) is 4.90 Å². The summed E-state index contributed by atoms with van der Waals surface area (Å²) < 4.78 is 16.3. The van der Waals surface area contributed by atoms with Crippen molar-refractivity contribution >= 4 is 40.2 Å². The van der Waals surface area contributed by atoms with Gasteiger partial charge in [-0.15, -0.1) is 0 Å². The third-order valence-electron chi connectivity index (χ3n) is 6.23. The number of carbonyl (C=O) groups is 3. The van der Waals surface area contributed by atoms with Gasteiger partial charge in [0.2, 0.25) is 5.78 Å². The van der Waals surface area contributed by atoms with Crippen molar-refractivity contribution < 1.29 is 28.3 Å². The predicted molar refractivity (Wildman–Crippen MR) is 133 cm³/mol. The Labute approximate surface area is 212 Å². The molecular formula is C28H22ClNO6. The Morgan fingerprint density at radius 1 is 1.00 bits per heavy atom. The zero-order valence-corrected chi connectivity index (χ0v) is 20.2. The van der Waals surface area contributed by atoms with E-state index >= 15 is 0 Å². The quantitative estimate of drug-likeness (QED) is 0.269. The first kappa shape index (κ1) is 23.6. The van der Waals surface area contributed by atoms with Gasteiger partial charge < -0.3 is 18.8 Å². The Morgan fingerprint density at radius 3 is 2.53 bits per heavy atom. The van der Waals surface area contributed by atoms with E-state index in [1.165, 1.54) is 12.0 Å². The standard InChI is InChI=1S/C28H22ClNO6/c1-34-24-12-6-9-18-14-25(36-26(18)24)23(31)16-35-28(33)22-13-17-7-2-3-8-19(17)15-30(22)27(32)20-10-4-5-11-21(20)29/h2-12,14,22H,13,15-16H2,1H3/t22-/m0/s1. The van der Waals surface area contributed by atoms with Gasteiger partial charge in [0.05, 0.1) is 17.7 Å². The first-order valence-corrected chi connectivity index (χ1v) is 11.7. The number of fused-ring (bicyclic) bond motifs is 2. The number of hydrogen-bond donors (Lipinski definition) is 0. The first-order valence-electron chi connectivity index (χ1n) is 11.3. The molecule has 4 aromatic rings. The van der Waals surface area contributed by atoms with Gasteiger partial charge in [0.15, 0.2) is 23.7 Å². The second-order valence-corrected chi connectivity index (χ2v) is 8.83. The molecule has 182 valence electrons. The number of benzene rings is 3. The molecule has 3 aromatic carbocycles. The second-order valence-electron chi connectivity index (χ2n) is 8.42. The van der Waals surface area contributed by atoms with Crippen LogP contribution in [0.25, 0.3) is 11.0 Å². The minimum Gasteiger partial charge on any atom is -0.493 e. The number of para-hydroxylation sites is 1. The number of hydrogen-bond acceptors (Lipinski definition) is 6. The van der Waals surface area contributed by atoms with E-state index in [0.29, 0.717) is 27.3 Å². The number of esters is 1. The molecule has 7 nitrogen and oxygen atoms in total. The van der Waals surface area contributed by atoms with Crippen molar-refractivity contribution in [1.29, 1.82) is 0 Å². The molecule has 0 saturated carbocycles.